The van der Waals surface area contributed by atoms with E-state index in [1.807, 2.05) is 20.0 Å². The number of hydrogen-bond acceptors (Lipinski definition) is 10. The number of aromatic nitrogens is 3. The number of nitrogens with two attached hydrogens (primary N) is 1. The first-order valence-corrected chi connectivity index (χ1v) is 17.6. The van der Waals surface area contributed by atoms with E-state index in [-0.39, 0.29) is 45.3 Å². The van der Waals surface area contributed by atoms with Gasteiger partial charge in [-0.15, -0.1) is 0 Å². The molecule has 2 amide bonds. The van der Waals surface area contributed by atoms with E-state index in [0.29, 0.717) is 36.2 Å². The predicted octanol–water partition coefficient (Wildman–Crippen LogP) is 4.83. The average molecular weight is 717 g/mol. The normalized spacial score (nSPS) is 16.0. The summed E-state index contributed by atoms with van der Waals surface area (Å²) in [5, 5.41) is 6.02. The number of primary amides is 1. The highest BCUT2D eigenvalue weighted by molar-refractivity contribution is 7.90. The van der Waals surface area contributed by atoms with Crippen molar-refractivity contribution in [1.29, 1.82) is 0 Å². The summed E-state index contributed by atoms with van der Waals surface area (Å²) < 4.78 is 63.6. The molecule has 5 aromatic rings. The quantitative estimate of drug-likeness (QED) is 0.192. The van der Waals surface area contributed by atoms with Crippen LogP contribution < -0.4 is 26.0 Å². The minimum Gasteiger partial charge on any atom is -0.495 e. The van der Waals surface area contributed by atoms with Crippen LogP contribution >= 0.6 is 0 Å². The molecule has 51 heavy (non-hydrogen) atoms. The summed E-state index contributed by atoms with van der Waals surface area (Å²) in [6.07, 6.45) is 3.61. The van der Waals surface area contributed by atoms with E-state index in [9.17, 15) is 26.8 Å². The summed E-state index contributed by atoms with van der Waals surface area (Å²) in [5.74, 6) is -3.16. The molecule has 0 bridgehead atoms. The van der Waals surface area contributed by atoms with Crippen LogP contribution in [0, 0.1) is 18.6 Å². The lowest BCUT2D eigenvalue weighted by atomic mass is 10.1. The maximum absolute atomic E-state index is 14.8. The Hall–Kier alpha value is -5.61. The Morgan fingerprint density at radius 3 is 2.45 bits per heavy atom. The smallest absolute Gasteiger partial charge is 0.269 e. The van der Waals surface area contributed by atoms with Crippen molar-refractivity contribution in [2.45, 2.75) is 37.1 Å². The lowest BCUT2D eigenvalue weighted by Gasteiger charge is -2.26. The molecule has 0 unspecified atom stereocenters. The Kier molecular flexibility index (Phi) is 8.59. The van der Waals surface area contributed by atoms with Gasteiger partial charge >= 0.3 is 0 Å². The van der Waals surface area contributed by atoms with Crippen molar-refractivity contribution in [2.75, 3.05) is 42.8 Å². The Bertz CT molecular complexity index is 2330. The largest absolute Gasteiger partial charge is 0.495 e. The van der Waals surface area contributed by atoms with Crippen LogP contribution in [0.3, 0.4) is 0 Å². The summed E-state index contributed by atoms with van der Waals surface area (Å²) in [7, 11) is -0.779. The van der Waals surface area contributed by atoms with E-state index in [0.717, 1.165) is 40.6 Å². The lowest BCUT2D eigenvalue weighted by molar-refractivity contribution is -0.122. The van der Waals surface area contributed by atoms with Gasteiger partial charge in [0.1, 0.15) is 23.2 Å². The lowest BCUT2D eigenvalue weighted by Crippen LogP contribution is -2.43. The fourth-order valence-corrected chi connectivity index (χ4v) is 7.94. The Morgan fingerprint density at radius 2 is 1.76 bits per heavy atom. The second-order valence-electron chi connectivity index (χ2n) is 12.5. The molecular weight excluding hydrogens is 682 g/mol. The molecule has 1 fully saturated rings. The molecule has 16 heteroatoms. The molecule has 0 aliphatic carbocycles. The van der Waals surface area contributed by atoms with Crippen molar-refractivity contribution in [3.8, 4) is 5.75 Å². The third kappa shape index (κ3) is 6.10. The van der Waals surface area contributed by atoms with E-state index in [1.54, 1.807) is 23.1 Å². The van der Waals surface area contributed by atoms with Crippen LogP contribution in [0.1, 0.15) is 34.3 Å². The summed E-state index contributed by atoms with van der Waals surface area (Å²) in [6, 6.07) is 12.4. The number of rotatable bonds is 9. The number of likely N-dealkylation sites (N-methyl/N-ethyl adjacent to an activating group) is 1. The van der Waals surface area contributed by atoms with E-state index in [2.05, 4.69) is 25.5 Å². The number of likely N-dealkylation sites (tertiary alicyclic amines) is 1. The number of nitrogens with zero attached hydrogens (tertiary/aromatic N) is 5. The van der Waals surface area contributed by atoms with Crippen LogP contribution in [0.25, 0.3) is 11.0 Å². The number of methoxy groups -OCH3 is 1. The van der Waals surface area contributed by atoms with E-state index in [4.69, 9.17) is 10.5 Å². The number of nitrogens with one attached hydrogen (secondary N) is 2. The molecule has 4 heterocycles. The second kappa shape index (κ2) is 12.9. The van der Waals surface area contributed by atoms with Gasteiger partial charge in [0, 0.05) is 24.5 Å². The molecule has 2 aromatic heterocycles. The Labute approximate surface area is 292 Å². The molecule has 4 N–H and O–H groups in total. The minimum absolute atomic E-state index is 0.000688. The van der Waals surface area contributed by atoms with E-state index >= 15 is 0 Å². The van der Waals surface area contributed by atoms with Crippen molar-refractivity contribution in [1.82, 2.24) is 18.8 Å². The molecule has 3 aromatic carbocycles. The molecule has 1 atom stereocenters. The maximum atomic E-state index is 14.8. The summed E-state index contributed by atoms with van der Waals surface area (Å²) >= 11 is 0. The first-order chi connectivity index (χ1) is 24.3. The molecule has 1 saturated heterocycles. The number of halogens is 2. The molecule has 7 rings (SSSR count). The number of carbonyl (C=O) groups is 2. The first kappa shape index (κ1) is 33.9. The van der Waals surface area contributed by atoms with Crippen molar-refractivity contribution < 1.29 is 31.5 Å². The molecule has 0 radical (unpaired) electrons. The van der Waals surface area contributed by atoms with Crippen LogP contribution in [0.15, 0.2) is 65.7 Å². The van der Waals surface area contributed by atoms with Gasteiger partial charge in [-0.25, -0.2) is 21.2 Å². The zero-order valence-corrected chi connectivity index (χ0v) is 28.7. The summed E-state index contributed by atoms with van der Waals surface area (Å²) in [6.45, 7) is 3.17. The molecular formula is C35H34F2N8O5S. The number of benzene rings is 3. The van der Waals surface area contributed by atoms with Crippen LogP contribution in [0.5, 0.6) is 5.75 Å². The number of aryl methyl sites for hydroxylation is 1. The SMILES string of the molecule is COc1cc2c(cc1Nc1nc(Nc3cc(F)cc(F)c3C(N)=O)c3ccn(S(=O)(=O)c4ccc(C)cc4)c3n1)N(C(=O)[C@@H]1CCCN1C)CC2. The molecule has 264 valence electrons. The number of hydrogen-bond donors (Lipinski definition) is 3. The zero-order chi connectivity index (χ0) is 36.2. The first-order valence-electron chi connectivity index (χ1n) is 16.1. The third-order valence-corrected chi connectivity index (χ3v) is 10.9. The van der Waals surface area contributed by atoms with Gasteiger partial charge in [0.05, 0.1) is 40.4 Å². The monoisotopic (exact) mass is 716 g/mol. The Balaban J connectivity index is 1.36. The standard InChI is InChI=1S/C35H34F2N8O5S/c1-19-6-8-22(9-7-19)51(48,49)45-14-11-23-32(39-26-17-21(36)16-24(37)30(26)31(38)46)41-35(42-33(23)45)40-25-18-28-20(15-29(25)50-3)10-13-44(28)34(47)27-5-4-12-43(27)2/h6-9,11,14-18,27H,4-5,10,12-13H2,1-3H3,(H2,38,46)(H2,39,40,41,42)/t27-/m0/s1. The third-order valence-electron chi connectivity index (χ3n) is 9.26. The van der Waals surface area contributed by atoms with Crippen LogP contribution in [-0.2, 0) is 21.2 Å². The van der Waals surface area contributed by atoms with Gasteiger partial charge < -0.3 is 26.0 Å². The summed E-state index contributed by atoms with van der Waals surface area (Å²) in [5.41, 5.74) is 7.23. The number of anilines is 5. The predicted molar refractivity (Wildman–Crippen MR) is 187 cm³/mol. The number of ether oxygens (including phenoxy) is 1. The molecule has 0 spiro atoms. The van der Waals surface area contributed by atoms with Crippen molar-refractivity contribution in [3.05, 3.63) is 89.1 Å². The van der Waals surface area contributed by atoms with Crippen molar-refractivity contribution >= 4 is 61.7 Å². The maximum Gasteiger partial charge on any atom is 0.269 e. The highest BCUT2D eigenvalue weighted by Gasteiger charge is 2.35. The zero-order valence-electron chi connectivity index (χ0n) is 27.9. The fourth-order valence-electron chi connectivity index (χ4n) is 6.64. The van der Waals surface area contributed by atoms with Crippen molar-refractivity contribution in [3.63, 3.8) is 0 Å². The van der Waals surface area contributed by atoms with Gasteiger partial charge in [-0.2, -0.15) is 9.97 Å². The Morgan fingerprint density at radius 1 is 1.00 bits per heavy atom. The minimum atomic E-state index is -4.20. The van der Waals surface area contributed by atoms with E-state index in [1.165, 1.54) is 31.5 Å². The molecule has 13 nitrogen and oxygen atoms in total. The number of carbonyl (C=O) groups excluding carboxylic acids is 2. The molecule has 2 aliphatic rings. The van der Waals surface area contributed by atoms with Gasteiger partial charge in [-0.05, 0) is 81.7 Å². The van der Waals surface area contributed by atoms with Gasteiger partial charge in [-0.3, -0.25) is 14.5 Å². The average Bonchev–Trinajstić information content (AvgIpc) is 3.82. The second-order valence-corrected chi connectivity index (χ2v) is 14.4. The highest BCUT2D eigenvalue weighted by atomic mass is 32.2. The summed E-state index contributed by atoms with van der Waals surface area (Å²) in [4.78, 5) is 38.8. The number of fused-ring (bicyclic) bond motifs is 2. The van der Waals surface area contributed by atoms with Crippen LogP contribution in [-0.4, -0.2) is 72.4 Å². The topological polar surface area (TPSA) is 165 Å². The number of amides is 2. The van der Waals surface area contributed by atoms with E-state index < -0.39 is 33.1 Å². The van der Waals surface area contributed by atoms with Gasteiger partial charge in [0.15, 0.2) is 5.65 Å². The van der Waals surface area contributed by atoms with Gasteiger partial charge in [0.25, 0.3) is 15.9 Å². The fraction of sp³-hybridized carbons (Fsp3) is 0.257. The molecule has 2 aliphatic heterocycles. The van der Waals surface area contributed by atoms with Crippen LogP contribution in [0.4, 0.5) is 37.6 Å². The van der Waals surface area contributed by atoms with Crippen LogP contribution in [0.2, 0.25) is 0 Å². The molecule has 0 saturated carbocycles. The van der Waals surface area contributed by atoms with Gasteiger partial charge in [0.2, 0.25) is 11.9 Å². The van der Waals surface area contributed by atoms with Gasteiger partial charge in [-0.1, -0.05) is 17.7 Å². The highest BCUT2D eigenvalue weighted by Crippen LogP contribution is 2.40. The van der Waals surface area contributed by atoms with Crippen molar-refractivity contribution in [2.24, 2.45) is 5.73 Å².